The molecule has 0 aliphatic carbocycles. The molecule has 0 aliphatic heterocycles. The summed E-state index contributed by atoms with van der Waals surface area (Å²) in [6.45, 7) is 4.02. The summed E-state index contributed by atoms with van der Waals surface area (Å²) in [5.41, 5.74) is 0. The summed E-state index contributed by atoms with van der Waals surface area (Å²) in [5, 5.41) is 22.2. The van der Waals surface area contributed by atoms with Crippen LogP contribution in [0.3, 0.4) is 0 Å². The van der Waals surface area contributed by atoms with Gasteiger partial charge in [0.2, 0.25) is 0 Å². The van der Waals surface area contributed by atoms with E-state index in [1.807, 2.05) is 13.8 Å². The summed E-state index contributed by atoms with van der Waals surface area (Å²) in [4.78, 5) is 10.4. The highest BCUT2D eigenvalue weighted by Gasteiger charge is 1.99. The van der Waals surface area contributed by atoms with Gasteiger partial charge in [0, 0.05) is 12.0 Å². The average molecular weight is 172 g/mol. The van der Waals surface area contributed by atoms with E-state index in [9.17, 15) is 10.0 Å². The highest BCUT2D eigenvalue weighted by atomic mass is 16.5. The Balaban J connectivity index is 3.92. The van der Waals surface area contributed by atoms with Crippen molar-refractivity contribution in [1.29, 1.82) is 0 Å². The van der Waals surface area contributed by atoms with Gasteiger partial charge in [0.25, 0.3) is 0 Å². The lowest BCUT2D eigenvalue weighted by atomic mass is 10.2. The van der Waals surface area contributed by atoms with Crippen LogP contribution in [0.5, 0.6) is 0 Å². The predicted molar refractivity (Wildman–Crippen MR) is 42.5 cm³/mol. The van der Waals surface area contributed by atoms with E-state index >= 15 is 0 Å². The Bertz CT molecular complexity index is 209. The van der Waals surface area contributed by atoms with Gasteiger partial charge in [-0.1, -0.05) is 18.7 Å². The first-order chi connectivity index (χ1) is 5.52. The molecule has 12 heavy (non-hydrogen) atoms. The first-order valence-corrected chi connectivity index (χ1v) is 3.57. The standard InChI is InChI=1S/C7H12N2O3/c1-6(2)5-9(12)8-4-3-7(10)11/h3-4,6H,5H2,1-2H3,(H,10,11). The smallest absolute Gasteiger partial charge is 0.330 e. The minimum Gasteiger partial charge on any atom is -0.600 e. The highest BCUT2D eigenvalue weighted by Crippen LogP contribution is 1.92. The van der Waals surface area contributed by atoms with Crippen molar-refractivity contribution in [2.24, 2.45) is 11.0 Å². The number of azo groups is 1. The number of hydrogen-bond acceptors (Lipinski definition) is 3. The van der Waals surface area contributed by atoms with Gasteiger partial charge in [-0.05, 0) is 5.11 Å². The maximum Gasteiger partial charge on any atom is 0.330 e. The molecule has 5 nitrogen and oxygen atoms in total. The molecule has 0 bridgehead atoms. The Labute approximate surface area is 70.6 Å². The van der Waals surface area contributed by atoms with Crippen molar-refractivity contribution in [2.45, 2.75) is 13.8 Å². The van der Waals surface area contributed by atoms with E-state index in [1.54, 1.807) is 0 Å². The Morgan fingerprint density at radius 3 is 2.75 bits per heavy atom. The van der Waals surface area contributed by atoms with Gasteiger partial charge in [-0.25, -0.2) is 4.79 Å². The number of carboxylic acids is 1. The molecule has 0 rings (SSSR count). The van der Waals surface area contributed by atoms with E-state index in [4.69, 9.17) is 5.11 Å². The molecule has 0 aromatic heterocycles. The fraction of sp³-hybridized carbons (Fsp3) is 0.571. The molecular formula is C7H12N2O3. The van der Waals surface area contributed by atoms with Crippen LogP contribution in [0, 0.1) is 11.1 Å². The number of aliphatic carboxylic acids is 1. The molecule has 0 aliphatic rings. The molecular weight excluding hydrogens is 160 g/mol. The summed E-state index contributed by atoms with van der Waals surface area (Å²) in [6, 6.07) is 0. The summed E-state index contributed by atoms with van der Waals surface area (Å²) < 4.78 is 0. The second kappa shape index (κ2) is 5.29. The molecule has 0 amide bonds. The van der Waals surface area contributed by atoms with E-state index < -0.39 is 5.97 Å². The summed E-state index contributed by atoms with van der Waals surface area (Å²) in [7, 11) is 0. The molecule has 0 spiro atoms. The number of hydroxylamine groups is 1. The predicted octanol–water partition coefficient (Wildman–Crippen LogP) is 1.20. The maximum absolute atomic E-state index is 10.7. The third kappa shape index (κ3) is 6.73. The Kier molecular flexibility index (Phi) is 4.67. The van der Waals surface area contributed by atoms with Crippen LogP contribution in [-0.4, -0.2) is 22.5 Å². The van der Waals surface area contributed by atoms with Gasteiger partial charge in [0.1, 0.15) is 6.20 Å². The van der Waals surface area contributed by atoms with E-state index in [0.29, 0.717) is 4.86 Å². The van der Waals surface area contributed by atoms with Crippen molar-refractivity contribution in [3.05, 3.63) is 17.5 Å². The zero-order chi connectivity index (χ0) is 9.56. The van der Waals surface area contributed by atoms with E-state index in [2.05, 4.69) is 5.11 Å². The van der Waals surface area contributed by atoms with E-state index in [0.717, 1.165) is 12.3 Å². The van der Waals surface area contributed by atoms with Crippen LogP contribution in [0.4, 0.5) is 0 Å². The largest absolute Gasteiger partial charge is 0.600 e. The van der Waals surface area contributed by atoms with Gasteiger partial charge in [0.05, 0.1) is 0 Å². The third-order valence-corrected chi connectivity index (χ3v) is 0.934. The number of rotatable bonds is 4. The molecule has 0 fully saturated rings. The Hall–Kier alpha value is -1.39. The first-order valence-electron chi connectivity index (χ1n) is 3.57. The van der Waals surface area contributed by atoms with Gasteiger partial charge in [-0.3, -0.25) is 0 Å². The zero-order valence-electron chi connectivity index (χ0n) is 7.10. The van der Waals surface area contributed by atoms with Gasteiger partial charge in [-0.2, -0.15) is 0 Å². The number of carbonyl (C=O) groups is 1. The van der Waals surface area contributed by atoms with Crippen molar-refractivity contribution < 1.29 is 14.8 Å². The quantitative estimate of drug-likeness (QED) is 0.299. The Morgan fingerprint density at radius 1 is 1.75 bits per heavy atom. The van der Waals surface area contributed by atoms with Crippen LogP contribution < -0.4 is 0 Å². The molecule has 0 unspecified atom stereocenters. The van der Waals surface area contributed by atoms with Crippen LogP contribution >= 0.6 is 0 Å². The molecule has 1 N–H and O–H groups in total. The second-order valence-electron chi connectivity index (χ2n) is 2.70. The van der Waals surface area contributed by atoms with Gasteiger partial charge >= 0.3 is 5.97 Å². The molecule has 0 heterocycles. The molecule has 0 atom stereocenters. The maximum atomic E-state index is 10.7. The van der Waals surface area contributed by atoms with Gasteiger partial charge in [-0.15, -0.1) is 0 Å². The molecule has 0 aromatic carbocycles. The summed E-state index contributed by atoms with van der Waals surface area (Å²) in [6.07, 6.45) is 1.78. The fourth-order valence-electron chi connectivity index (χ4n) is 0.531. The van der Waals surface area contributed by atoms with Crippen molar-refractivity contribution >= 4 is 5.97 Å². The van der Waals surface area contributed by atoms with E-state index in [1.165, 1.54) is 0 Å². The minimum absolute atomic E-state index is 0.212. The van der Waals surface area contributed by atoms with Crippen molar-refractivity contribution in [3.63, 3.8) is 0 Å². The molecule has 0 aromatic rings. The topological polar surface area (TPSA) is 75.7 Å². The lowest BCUT2D eigenvalue weighted by molar-refractivity contribution is -0.531. The average Bonchev–Trinajstić information content (AvgIpc) is 1.84. The summed E-state index contributed by atoms with van der Waals surface area (Å²) in [5.74, 6) is -0.902. The molecule has 0 saturated heterocycles. The normalized spacial score (nSPS) is 12.8. The third-order valence-electron chi connectivity index (χ3n) is 0.934. The van der Waals surface area contributed by atoms with Crippen molar-refractivity contribution in [3.8, 4) is 0 Å². The number of carboxylic acid groups (broad SMARTS) is 1. The number of hydrogen-bond donors (Lipinski definition) is 1. The molecule has 68 valence electrons. The summed E-state index contributed by atoms with van der Waals surface area (Å²) >= 11 is 0. The van der Waals surface area contributed by atoms with E-state index in [-0.39, 0.29) is 12.5 Å². The van der Waals surface area contributed by atoms with Crippen LogP contribution in [-0.2, 0) is 4.79 Å². The SMILES string of the molecule is CC(C)C[N+]([O-])=NC=CC(=O)O. The lowest BCUT2D eigenvalue weighted by Crippen LogP contribution is -2.08. The van der Waals surface area contributed by atoms with Gasteiger partial charge < -0.3 is 10.3 Å². The van der Waals surface area contributed by atoms with Crippen molar-refractivity contribution in [1.82, 2.24) is 0 Å². The van der Waals surface area contributed by atoms with Crippen LogP contribution in [0.2, 0.25) is 0 Å². The van der Waals surface area contributed by atoms with Gasteiger partial charge in [0.15, 0.2) is 6.54 Å². The minimum atomic E-state index is -1.11. The monoisotopic (exact) mass is 172 g/mol. The molecule has 5 heteroatoms. The lowest BCUT2D eigenvalue weighted by Gasteiger charge is -2.00. The fourth-order valence-corrected chi connectivity index (χ4v) is 0.531. The van der Waals surface area contributed by atoms with Crippen LogP contribution in [0.1, 0.15) is 13.8 Å². The van der Waals surface area contributed by atoms with Crippen LogP contribution in [0.15, 0.2) is 17.4 Å². The molecule has 0 saturated carbocycles. The van der Waals surface area contributed by atoms with Crippen molar-refractivity contribution in [2.75, 3.05) is 6.54 Å². The number of nitrogens with zero attached hydrogens (tertiary/aromatic N) is 2. The highest BCUT2D eigenvalue weighted by molar-refractivity contribution is 5.79. The Morgan fingerprint density at radius 2 is 2.33 bits per heavy atom. The zero-order valence-corrected chi connectivity index (χ0v) is 7.10. The first kappa shape index (κ1) is 10.6. The second-order valence-corrected chi connectivity index (χ2v) is 2.70. The molecule has 0 radical (unpaired) electrons. The van der Waals surface area contributed by atoms with Crippen LogP contribution in [0.25, 0.3) is 0 Å².